The minimum atomic E-state index is -0.645. The molecule has 2 aromatic heterocycles. The molecule has 0 radical (unpaired) electrons. The molecule has 2 aliphatic rings. The van der Waals surface area contributed by atoms with Crippen LogP contribution in [-0.4, -0.2) is 67.4 Å². The molecular formula is C25H25FN6O3. The van der Waals surface area contributed by atoms with E-state index in [0.29, 0.717) is 57.3 Å². The molecule has 4 aromatic rings. The fraction of sp³-hybridized carbons (Fsp3) is 0.320. The number of ether oxygens (including phenoxy) is 1. The van der Waals surface area contributed by atoms with Crippen LogP contribution in [0.3, 0.4) is 0 Å². The van der Waals surface area contributed by atoms with Crippen LogP contribution in [0.5, 0.6) is 5.75 Å². The Bertz CT molecular complexity index is 1420. The number of fused-ring (bicyclic) bond motifs is 2. The summed E-state index contributed by atoms with van der Waals surface area (Å²) < 4.78 is 19.4. The number of nitrogens with one attached hydrogen (secondary N) is 2. The monoisotopic (exact) mass is 476 g/mol. The fourth-order valence-corrected chi connectivity index (χ4v) is 4.87. The van der Waals surface area contributed by atoms with E-state index in [1.165, 1.54) is 12.1 Å². The van der Waals surface area contributed by atoms with Crippen molar-refractivity contribution in [1.29, 1.82) is 0 Å². The fourth-order valence-electron chi connectivity index (χ4n) is 4.87. The number of aryl methyl sites for hydroxylation is 1. The van der Waals surface area contributed by atoms with Crippen molar-refractivity contribution in [3.05, 3.63) is 53.1 Å². The van der Waals surface area contributed by atoms with E-state index in [1.54, 1.807) is 4.90 Å². The second-order valence-electron chi connectivity index (χ2n) is 8.90. The topological polar surface area (TPSA) is 110 Å². The first-order valence-electron chi connectivity index (χ1n) is 11.7. The third kappa shape index (κ3) is 3.70. The molecule has 0 atom stereocenters. The van der Waals surface area contributed by atoms with Crippen molar-refractivity contribution in [1.82, 2.24) is 30.0 Å². The smallest absolute Gasteiger partial charge is 0.320 e. The van der Waals surface area contributed by atoms with Gasteiger partial charge in [-0.2, -0.15) is 5.10 Å². The van der Waals surface area contributed by atoms with Gasteiger partial charge in [0, 0.05) is 18.5 Å². The lowest BCUT2D eigenvalue weighted by Crippen LogP contribution is -2.46. The highest BCUT2D eigenvalue weighted by atomic mass is 19.1. The lowest BCUT2D eigenvalue weighted by molar-refractivity contribution is 0.0428. The van der Waals surface area contributed by atoms with Gasteiger partial charge in [0.1, 0.15) is 5.69 Å². The molecule has 6 rings (SSSR count). The summed E-state index contributed by atoms with van der Waals surface area (Å²) in [7, 11) is 0. The lowest BCUT2D eigenvalue weighted by atomic mass is 9.96. The van der Waals surface area contributed by atoms with Crippen LogP contribution in [0.4, 0.5) is 9.18 Å². The molecule has 10 heteroatoms. The molecule has 4 heterocycles. The summed E-state index contributed by atoms with van der Waals surface area (Å²) >= 11 is 0. The molecule has 1 fully saturated rings. The summed E-state index contributed by atoms with van der Waals surface area (Å²) in [5.74, 6) is -0.335. The molecule has 0 spiro atoms. The summed E-state index contributed by atoms with van der Waals surface area (Å²) in [4.78, 5) is 24.5. The van der Waals surface area contributed by atoms with E-state index < -0.39 is 5.82 Å². The molecule has 180 valence electrons. The highest BCUT2D eigenvalue weighted by molar-refractivity contribution is 5.94. The van der Waals surface area contributed by atoms with Crippen molar-refractivity contribution in [2.75, 3.05) is 26.3 Å². The number of carbonyl (C=O) groups is 1. The van der Waals surface area contributed by atoms with Crippen molar-refractivity contribution in [2.45, 2.75) is 26.4 Å². The highest BCUT2D eigenvalue weighted by Gasteiger charge is 2.31. The molecule has 9 nitrogen and oxygen atoms in total. The van der Waals surface area contributed by atoms with Crippen LogP contribution in [0.15, 0.2) is 30.3 Å². The summed E-state index contributed by atoms with van der Waals surface area (Å²) in [6, 6.07) is 8.65. The quantitative estimate of drug-likeness (QED) is 0.417. The maximum absolute atomic E-state index is 14.1. The van der Waals surface area contributed by atoms with Gasteiger partial charge in [-0.05, 0) is 47.4 Å². The standard InChI is InChI=1S/C25H25FN6O3/c1-2-14-10-22(33)18(26)11-17(14)15-3-4-16-19(9-15)29-30-23(16)24-27-20-12-32(13-21(20)28-24)25(34)31-5-7-35-8-6-31/h3-4,9-11,33H,2,5-8,12-13H2,1H3,(H,27,28)(H,29,30). The molecule has 0 unspecified atom stereocenters. The molecule has 0 saturated carbocycles. The van der Waals surface area contributed by atoms with Gasteiger partial charge >= 0.3 is 6.03 Å². The summed E-state index contributed by atoms with van der Waals surface area (Å²) in [5.41, 5.74) is 5.70. The first-order valence-corrected chi connectivity index (χ1v) is 11.7. The van der Waals surface area contributed by atoms with Crippen molar-refractivity contribution >= 4 is 16.9 Å². The molecule has 0 aliphatic carbocycles. The van der Waals surface area contributed by atoms with Crippen molar-refractivity contribution < 1.29 is 19.0 Å². The van der Waals surface area contributed by atoms with Gasteiger partial charge < -0.3 is 24.6 Å². The second kappa shape index (κ2) is 8.38. The molecule has 1 saturated heterocycles. The molecule has 3 N–H and O–H groups in total. The Balaban J connectivity index is 1.26. The van der Waals surface area contributed by atoms with Gasteiger partial charge in [0.15, 0.2) is 17.4 Å². The summed E-state index contributed by atoms with van der Waals surface area (Å²) in [5, 5.41) is 18.2. The Hall–Kier alpha value is -3.92. The van der Waals surface area contributed by atoms with Crippen molar-refractivity contribution in [2.24, 2.45) is 0 Å². The molecular weight excluding hydrogens is 451 g/mol. The number of imidazole rings is 1. The van der Waals surface area contributed by atoms with E-state index in [0.717, 1.165) is 39.0 Å². The minimum absolute atomic E-state index is 0.0103. The number of benzene rings is 2. The van der Waals surface area contributed by atoms with Crippen LogP contribution in [0.25, 0.3) is 33.5 Å². The number of nitrogens with zero attached hydrogens (tertiary/aromatic N) is 4. The highest BCUT2D eigenvalue weighted by Crippen LogP contribution is 2.34. The second-order valence-corrected chi connectivity index (χ2v) is 8.90. The van der Waals surface area contributed by atoms with Crippen LogP contribution in [-0.2, 0) is 24.2 Å². The zero-order chi connectivity index (χ0) is 24.1. The van der Waals surface area contributed by atoms with Gasteiger partial charge in [-0.1, -0.05) is 13.0 Å². The molecule has 0 bridgehead atoms. The number of hydrogen-bond donors (Lipinski definition) is 3. The van der Waals surface area contributed by atoms with E-state index in [2.05, 4.69) is 15.2 Å². The predicted molar refractivity (Wildman–Crippen MR) is 127 cm³/mol. The van der Waals surface area contributed by atoms with Crippen molar-refractivity contribution in [3.8, 4) is 28.4 Å². The number of halogens is 1. The van der Waals surface area contributed by atoms with Crippen LogP contribution in [0, 0.1) is 5.82 Å². The van der Waals surface area contributed by atoms with Gasteiger partial charge in [-0.15, -0.1) is 0 Å². The van der Waals surface area contributed by atoms with E-state index in [1.807, 2.05) is 30.0 Å². The summed E-state index contributed by atoms with van der Waals surface area (Å²) in [6.45, 7) is 5.28. The van der Waals surface area contributed by atoms with E-state index in [9.17, 15) is 14.3 Å². The third-order valence-corrected chi connectivity index (χ3v) is 6.76. The number of hydrogen-bond acceptors (Lipinski definition) is 5. The number of carbonyl (C=O) groups excluding carboxylic acids is 1. The van der Waals surface area contributed by atoms with Crippen LogP contribution >= 0.6 is 0 Å². The maximum Gasteiger partial charge on any atom is 0.320 e. The number of aromatic hydroxyl groups is 1. The Labute approximate surface area is 200 Å². The number of amides is 2. The molecule has 2 aliphatic heterocycles. The largest absolute Gasteiger partial charge is 0.505 e. The van der Waals surface area contributed by atoms with Crippen LogP contribution < -0.4 is 0 Å². The van der Waals surface area contributed by atoms with Gasteiger partial charge in [-0.25, -0.2) is 14.2 Å². The first kappa shape index (κ1) is 21.6. The summed E-state index contributed by atoms with van der Waals surface area (Å²) in [6.07, 6.45) is 0.665. The predicted octanol–water partition coefficient (Wildman–Crippen LogP) is 3.79. The van der Waals surface area contributed by atoms with E-state index >= 15 is 0 Å². The van der Waals surface area contributed by atoms with Crippen LogP contribution in [0.2, 0.25) is 0 Å². The number of aromatic nitrogens is 4. The van der Waals surface area contributed by atoms with E-state index in [-0.39, 0.29) is 11.8 Å². The number of phenolic OH excluding ortho intramolecular Hbond substituents is 1. The maximum atomic E-state index is 14.1. The number of morpholine rings is 1. The number of urea groups is 1. The molecule has 35 heavy (non-hydrogen) atoms. The first-order chi connectivity index (χ1) is 17.0. The third-order valence-electron chi connectivity index (χ3n) is 6.76. The van der Waals surface area contributed by atoms with E-state index in [4.69, 9.17) is 9.72 Å². The average molecular weight is 477 g/mol. The normalized spacial score (nSPS) is 15.7. The minimum Gasteiger partial charge on any atom is -0.505 e. The van der Waals surface area contributed by atoms with Gasteiger partial charge in [0.05, 0.1) is 43.2 Å². The Kier molecular flexibility index (Phi) is 5.18. The number of rotatable bonds is 3. The number of aromatic amines is 2. The molecule has 2 aromatic carbocycles. The number of H-pyrrole nitrogens is 2. The lowest BCUT2D eigenvalue weighted by Gasteiger charge is -2.30. The van der Waals surface area contributed by atoms with Crippen molar-refractivity contribution in [3.63, 3.8) is 0 Å². The van der Waals surface area contributed by atoms with Crippen LogP contribution in [0.1, 0.15) is 23.9 Å². The molecule has 2 amide bonds. The average Bonchev–Trinajstić information content (AvgIpc) is 3.58. The Morgan fingerprint density at radius 1 is 1.17 bits per heavy atom. The van der Waals surface area contributed by atoms with Gasteiger partial charge in [0.2, 0.25) is 0 Å². The number of phenols is 1. The Morgan fingerprint density at radius 2 is 2.00 bits per heavy atom. The van der Waals surface area contributed by atoms with Gasteiger partial charge in [-0.3, -0.25) is 5.10 Å². The SMILES string of the molecule is CCc1cc(O)c(F)cc1-c1ccc2c(-c3nc4c([nH]3)CN(C(=O)N3CCOCC3)C4)n[nH]c2c1. The zero-order valence-corrected chi connectivity index (χ0v) is 19.3. The van der Waals surface area contributed by atoms with Gasteiger partial charge in [0.25, 0.3) is 0 Å². The Morgan fingerprint density at radius 3 is 2.77 bits per heavy atom. The zero-order valence-electron chi connectivity index (χ0n) is 19.3.